The van der Waals surface area contributed by atoms with Gasteiger partial charge in [0.1, 0.15) is 0 Å². The largest absolute Gasteiger partial charge is 0.271 e. The summed E-state index contributed by atoms with van der Waals surface area (Å²) in [7, 11) is 0. The molecule has 0 aliphatic rings. The molecule has 90 valence electrons. The molecule has 0 aromatic heterocycles. The van der Waals surface area contributed by atoms with Crippen LogP contribution in [0.1, 0.15) is 49.9 Å². The van der Waals surface area contributed by atoms with Gasteiger partial charge in [-0.3, -0.25) is 11.3 Å². The Kier molecular flexibility index (Phi) is 4.11. The lowest BCUT2D eigenvalue weighted by molar-refractivity contribution is 0.313. The van der Waals surface area contributed by atoms with Crippen LogP contribution in [0.15, 0.2) is 18.2 Å². The normalized spacial score (nSPS) is 13.9. The lowest BCUT2D eigenvalue weighted by atomic mass is 9.85. The van der Waals surface area contributed by atoms with Gasteiger partial charge in [-0.2, -0.15) is 0 Å². The van der Waals surface area contributed by atoms with Crippen LogP contribution in [0.2, 0.25) is 0 Å². The maximum atomic E-state index is 5.65. The molecule has 2 nitrogen and oxygen atoms in total. The van der Waals surface area contributed by atoms with Gasteiger partial charge < -0.3 is 0 Å². The third kappa shape index (κ3) is 3.62. The van der Waals surface area contributed by atoms with Gasteiger partial charge in [-0.1, -0.05) is 39.0 Å². The van der Waals surface area contributed by atoms with E-state index in [9.17, 15) is 0 Å². The van der Waals surface area contributed by atoms with Crippen LogP contribution in [0.5, 0.6) is 0 Å². The van der Waals surface area contributed by atoms with Crippen LogP contribution >= 0.6 is 0 Å². The summed E-state index contributed by atoms with van der Waals surface area (Å²) in [6, 6.07) is 6.79. The molecule has 16 heavy (non-hydrogen) atoms. The lowest BCUT2D eigenvalue weighted by Gasteiger charge is -2.26. The summed E-state index contributed by atoms with van der Waals surface area (Å²) in [5.41, 5.74) is 7.13. The smallest absolute Gasteiger partial charge is 0.0465 e. The van der Waals surface area contributed by atoms with Crippen molar-refractivity contribution in [3.05, 3.63) is 34.9 Å². The molecule has 0 aliphatic carbocycles. The fraction of sp³-hybridized carbons (Fsp3) is 0.571. The van der Waals surface area contributed by atoms with Gasteiger partial charge in [-0.25, -0.2) is 0 Å². The summed E-state index contributed by atoms with van der Waals surface area (Å²) < 4.78 is 0. The second kappa shape index (κ2) is 4.98. The molecule has 1 unspecified atom stereocenters. The summed E-state index contributed by atoms with van der Waals surface area (Å²) in [6.07, 6.45) is 1.03. The third-order valence-electron chi connectivity index (χ3n) is 2.95. The SMILES string of the molecule is Cc1ccc(C(CC(C)(C)C)NN)cc1C. The maximum Gasteiger partial charge on any atom is 0.0465 e. The Hall–Kier alpha value is -0.860. The Balaban J connectivity index is 2.91. The first-order valence-electron chi connectivity index (χ1n) is 5.87. The zero-order chi connectivity index (χ0) is 12.3. The molecule has 2 heteroatoms. The molecule has 0 aliphatic heterocycles. The van der Waals surface area contributed by atoms with Crippen molar-refractivity contribution >= 4 is 0 Å². The Morgan fingerprint density at radius 3 is 2.25 bits per heavy atom. The van der Waals surface area contributed by atoms with E-state index in [0.717, 1.165) is 6.42 Å². The first-order chi connectivity index (χ1) is 7.33. The minimum atomic E-state index is 0.235. The van der Waals surface area contributed by atoms with Crippen LogP contribution in [0, 0.1) is 19.3 Å². The van der Waals surface area contributed by atoms with E-state index >= 15 is 0 Å². The molecule has 1 aromatic carbocycles. The summed E-state index contributed by atoms with van der Waals surface area (Å²) in [4.78, 5) is 0. The van der Waals surface area contributed by atoms with Crippen LogP contribution in [-0.2, 0) is 0 Å². The Labute approximate surface area is 99.2 Å². The first-order valence-corrected chi connectivity index (χ1v) is 5.87. The molecule has 1 rings (SSSR count). The van der Waals surface area contributed by atoms with Gasteiger partial charge in [-0.15, -0.1) is 0 Å². The number of aryl methyl sites for hydroxylation is 2. The molecule has 0 spiro atoms. The highest BCUT2D eigenvalue weighted by atomic mass is 15.2. The molecule has 0 radical (unpaired) electrons. The molecule has 0 bridgehead atoms. The van der Waals surface area contributed by atoms with Crippen LogP contribution < -0.4 is 11.3 Å². The highest BCUT2D eigenvalue weighted by Crippen LogP contribution is 2.29. The molecule has 3 N–H and O–H groups in total. The van der Waals surface area contributed by atoms with E-state index < -0.39 is 0 Å². The topological polar surface area (TPSA) is 38.0 Å². The van der Waals surface area contributed by atoms with Gasteiger partial charge in [0, 0.05) is 6.04 Å². The van der Waals surface area contributed by atoms with Crippen LogP contribution in [0.4, 0.5) is 0 Å². The van der Waals surface area contributed by atoms with Gasteiger partial charge in [0.25, 0.3) is 0 Å². The van der Waals surface area contributed by atoms with E-state index in [1.54, 1.807) is 0 Å². The molecule has 0 fully saturated rings. The summed E-state index contributed by atoms with van der Waals surface area (Å²) in [6.45, 7) is 11.0. The van der Waals surface area contributed by atoms with Gasteiger partial charge in [0.15, 0.2) is 0 Å². The van der Waals surface area contributed by atoms with E-state index in [1.165, 1.54) is 16.7 Å². The quantitative estimate of drug-likeness (QED) is 0.606. The summed E-state index contributed by atoms with van der Waals surface area (Å²) >= 11 is 0. The molecule has 0 amide bonds. The maximum absolute atomic E-state index is 5.65. The molecular weight excluding hydrogens is 196 g/mol. The number of hydrazine groups is 1. The number of rotatable bonds is 3. The zero-order valence-electron chi connectivity index (χ0n) is 11.1. The summed E-state index contributed by atoms with van der Waals surface area (Å²) in [5.74, 6) is 5.65. The predicted molar refractivity (Wildman–Crippen MR) is 70.1 cm³/mol. The van der Waals surface area contributed by atoms with Crippen LogP contribution in [0.25, 0.3) is 0 Å². The number of hydrogen-bond acceptors (Lipinski definition) is 2. The zero-order valence-corrected chi connectivity index (χ0v) is 11.1. The first kappa shape index (κ1) is 13.2. The van der Waals surface area contributed by atoms with E-state index in [1.807, 2.05) is 0 Å². The molecule has 1 aromatic rings. The number of nitrogens with two attached hydrogens (primary N) is 1. The van der Waals surface area contributed by atoms with Crippen molar-refractivity contribution in [2.75, 3.05) is 0 Å². The van der Waals surface area contributed by atoms with E-state index in [0.29, 0.717) is 0 Å². The molecular formula is C14H24N2. The molecule has 0 saturated heterocycles. The Morgan fingerprint density at radius 2 is 1.81 bits per heavy atom. The van der Waals surface area contributed by atoms with Crippen LogP contribution in [-0.4, -0.2) is 0 Å². The van der Waals surface area contributed by atoms with Crippen molar-refractivity contribution in [2.24, 2.45) is 11.3 Å². The van der Waals surface area contributed by atoms with Gasteiger partial charge in [0.05, 0.1) is 0 Å². The van der Waals surface area contributed by atoms with Crippen molar-refractivity contribution in [1.29, 1.82) is 0 Å². The van der Waals surface area contributed by atoms with Crippen molar-refractivity contribution in [1.82, 2.24) is 5.43 Å². The van der Waals surface area contributed by atoms with Crippen LogP contribution in [0.3, 0.4) is 0 Å². The van der Waals surface area contributed by atoms with Gasteiger partial charge in [-0.05, 0) is 42.4 Å². The average Bonchev–Trinajstić information content (AvgIpc) is 2.17. The number of hydrogen-bond donors (Lipinski definition) is 2. The third-order valence-corrected chi connectivity index (χ3v) is 2.95. The highest BCUT2D eigenvalue weighted by molar-refractivity contribution is 5.31. The van der Waals surface area contributed by atoms with Gasteiger partial charge in [0.2, 0.25) is 0 Å². The van der Waals surface area contributed by atoms with Crippen molar-refractivity contribution in [3.63, 3.8) is 0 Å². The number of nitrogens with one attached hydrogen (secondary N) is 1. The minimum Gasteiger partial charge on any atom is -0.271 e. The Bertz CT molecular complexity index is 350. The second-order valence-electron chi connectivity index (χ2n) is 5.83. The fourth-order valence-electron chi connectivity index (χ4n) is 1.87. The number of benzene rings is 1. The lowest BCUT2D eigenvalue weighted by Crippen LogP contribution is -2.31. The van der Waals surface area contributed by atoms with E-state index in [2.05, 4.69) is 58.2 Å². The predicted octanol–water partition coefficient (Wildman–Crippen LogP) is 3.24. The van der Waals surface area contributed by atoms with Crippen molar-refractivity contribution < 1.29 is 0 Å². The van der Waals surface area contributed by atoms with E-state index in [-0.39, 0.29) is 11.5 Å². The standard InChI is InChI=1S/C14H24N2/c1-10-6-7-12(8-11(10)2)13(16-15)9-14(3,4)5/h6-8,13,16H,9,15H2,1-5H3. The van der Waals surface area contributed by atoms with Crippen molar-refractivity contribution in [2.45, 2.75) is 47.1 Å². The monoisotopic (exact) mass is 220 g/mol. The summed E-state index contributed by atoms with van der Waals surface area (Å²) in [5, 5.41) is 0. The molecule has 0 heterocycles. The molecule has 0 saturated carbocycles. The average molecular weight is 220 g/mol. The Morgan fingerprint density at radius 1 is 1.19 bits per heavy atom. The second-order valence-corrected chi connectivity index (χ2v) is 5.83. The fourth-order valence-corrected chi connectivity index (χ4v) is 1.87. The highest BCUT2D eigenvalue weighted by Gasteiger charge is 2.19. The minimum absolute atomic E-state index is 0.235. The van der Waals surface area contributed by atoms with Gasteiger partial charge >= 0.3 is 0 Å². The van der Waals surface area contributed by atoms with E-state index in [4.69, 9.17) is 5.84 Å². The van der Waals surface area contributed by atoms with Crippen molar-refractivity contribution in [3.8, 4) is 0 Å². The molecule has 1 atom stereocenters.